The standard InChI is InChI=1S/C12H14N4O2/c1-16-14-12(13-15-16)8-10(17)7-9-3-5-11(18-2)6-4-9/h3-6H,7-8H2,1-2H3. The molecule has 0 radical (unpaired) electrons. The van der Waals surface area contributed by atoms with Crippen LogP contribution in [0.4, 0.5) is 0 Å². The molecule has 1 aromatic heterocycles. The van der Waals surface area contributed by atoms with Crippen LogP contribution in [0.1, 0.15) is 11.4 Å². The van der Waals surface area contributed by atoms with Gasteiger partial charge in [-0.1, -0.05) is 12.1 Å². The zero-order chi connectivity index (χ0) is 13.0. The number of nitrogens with zero attached hydrogens (tertiary/aromatic N) is 4. The van der Waals surface area contributed by atoms with Gasteiger partial charge in [0.1, 0.15) is 11.5 Å². The maximum Gasteiger partial charge on any atom is 0.182 e. The molecule has 0 N–H and O–H groups in total. The number of ether oxygens (including phenoxy) is 1. The van der Waals surface area contributed by atoms with Crippen molar-refractivity contribution in [1.82, 2.24) is 20.2 Å². The first-order chi connectivity index (χ1) is 8.67. The second-order valence-corrected chi connectivity index (χ2v) is 3.94. The Kier molecular flexibility index (Phi) is 3.66. The van der Waals surface area contributed by atoms with Crippen LogP contribution in [-0.4, -0.2) is 33.1 Å². The average Bonchev–Trinajstić information content (AvgIpc) is 2.75. The molecule has 0 aliphatic heterocycles. The molecular weight excluding hydrogens is 232 g/mol. The summed E-state index contributed by atoms with van der Waals surface area (Å²) < 4.78 is 5.06. The van der Waals surface area contributed by atoms with E-state index in [0.29, 0.717) is 12.2 Å². The minimum atomic E-state index is 0.0631. The first kappa shape index (κ1) is 12.2. The highest BCUT2D eigenvalue weighted by Crippen LogP contribution is 2.12. The molecule has 0 fully saturated rings. The topological polar surface area (TPSA) is 69.9 Å². The second-order valence-electron chi connectivity index (χ2n) is 3.94. The summed E-state index contributed by atoms with van der Waals surface area (Å²) in [6.07, 6.45) is 0.572. The zero-order valence-corrected chi connectivity index (χ0v) is 10.3. The smallest absolute Gasteiger partial charge is 0.182 e. The summed E-state index contributed by atoms with van der Waals surface area (Å²) in [6.45, 7) is 0. The number of benzene rings is 1. The number of ketones is 1. The van der Waals surface area contributed by atoms with Crippen LogP contribution < -0.4 is 4.74 Å². The van der Waals surface area contributed by atoms with Gasteiger partial charge in [0.15, 0.2) is 5.82 Å². The molecule has 1 heterocycles. The number of carbonyl (C=O) groups is 1. The number of hydrogen-bond donors (Lipinski definition) is 0. The zero-order valence-electron chi connectivity index (χ0n) is 10.3. The molecular formula is C12H14N4O2. The Labute approximate surface area is 105 Å². The molecule has 0 bridgehead atoms. The van der Waals surface area contributed by atoms with Crippen LogP contribution in [0.25, 0.3) is 0 Å². The number of rotatable bonds is 5. The molecule has 0 aliphatic rings. The van der Waals surface area contributed by atoms with Crippen molar-refractivity contribution in [2.24, 2.45) is 7.05 Å². The van der Waals surface area contributed by atoms with Gasteiger partial charge in [-0.25, -0.2) is 0 Å². The molecule has 1 aromatic carbocycles. The Hall–Kier alpha value is -2.24. The molecule has 0 atom stereocenters. The molecule has 0 unspecified atom stereocenters. The fraction of sp³-hybridized carbons (Fsp3) is 0.333. The van der Waals surface area contributed by atoms with Gasteiger partial charge in [-0.3, -0.25) is 4.79 Å². The van der Waals surface area contributed by atoms with Crippen LogP contribution in [-0.2, 0) is 24.7 Å². The lowest BCUT2D eigenvalue weighted by molar-refractivity contribution is -0.117. The maximum atomic E-state index is 11.8. The molecule has 6 nitrogen and oxygen atoms in total. The summed E-state index contributed by atoms with van der Waals surface area (Å²) in [7, 11) is 3.28. The van der Waals surface area contributed by atoms with Gasteiger partial charge in [-0.05, 0) is 22.9 Å². The SMILES string of the molecule is COc1ccc(CC(=O)Cc2nnn(C)n2)cc1. The summed E-state index contributed by atoms with van der Waals surface area (Å²) in [6, 6.07) is 7.42. The third-order valence-electron chi connectivity index (χ3n) is 2.47. The molecule has 0 saturated heterocycles. The lowest BCUT2D eigenvalue weighted by atomic mass is 10.1. The first-order valence-corrected chi connectivity index (χ1v) is 5.55. The van der Waals surface area contributed by atoms with E-state index in [4.69, 9.17) is 4.74 Å². The van der Waals surface area contributed by atoms with Crippen LogP contribution in [0.2, 0.25) is 0 Å². The molecule has 6 heteroatoms. The number of aryl methyl sites for hydroxylation is 1. The Morgan fingerprint density at radius 3 is 2.56 bits per heavy atom. The van der Waals surface area contributed by atoms with E-state index in [-0.39, 0.29) is 12.2 Å². The lowest BCUT2D eigenvalue weighted by Gasteiger charge is -2.02. The molecule has 0 aliphatic carbocycles. The van der Waals surface area contributed by atoms with Crippen LogP contribution >= 0.6 is 0 Å². The van der Waals surface area contributed by atoms with Gasteiger partial charge in [0.05, 0.1) is 20.6 Å². The van der Waals surface area contributed by atoms with Crippen molar-refractivity contribution >= 4 is 5.78 Å². The average molecular weight is 246 g/mol. The van der Waals surface area contributed by atoms with E-state index in [9.17, 15) is 4.79 Å². The molecule has 18 heavy (non-hydrogen) atoms. The summed E-state index contributed by atoms with van der Waals surface area (Å²) in [5.41, 5.74) is 0.949. The lowest BCUT2D eigenvalue weighted by Crippen LogP contribution is -2.08. The molecule has 0 spiro atoms. The van der Waals surface area contributed by atoms with Gasteiger partial charge in [0, 0.05) is 6.42 Å². The van der Waals surface area contributed by atoms with Crippen LogP contribution in [0.15, 0.2) is 24.3 Å². The molecule has 2 aromatic rings. The minimum absolute atomic E-state index is 0.0631. The molecule has 2 rings (SSSR count). The van der Waals surface area contributed by atoms with E-state index in [1.54, 1.807) is 14.2 Å². The number of tetrazole rings is 1. The van der Waals surface area contributed by atoms with Crippen molar-refractivity contribution < 1.29 is 9.53 Å². The monoisotopic (exact) mass is 246 g/mol. The molecule has 0 saturated carbocycles. The van der Waals surface area contributed by atoms with Crippen LogP contribution in [0.5, 0.6) is 5.75 Å². The van der Waals surface area contributed by atoms with Gasteiger partial charge in [0.25, 0.3) is 0 Å². The summed E-state index contributed by atoms with van der Waals surface area (Å²) in [5, 5.41) is 11.4. The number of carbonyl (C=O) groups excluding carboxylic acids is 1. The van der Waals surface area contributed by atoms with Crippen molar-refractivity contribution in [2.75, 3.05) is 7.11 Å². The van der Waals surface area contributed by atoms with Crippen LogP contribution in [0.3, 0.4) is 0 Å². The largest absolute Gasteiger partial charge is 0.497 e. The fourth-order valence-corrected chi connectivity index (χ4v) is 1.60. The number of aromatic nitrogens is 4. The predicted molar refractivity (Wildman–Crippen MR) is 64.2 cm³/mol. The van der Waals surface area contributed by atoms with E-state index in [1.165, 1.54) is 4.80 Å². The normalized spacial score (nSPS) is 10.3. The van der Waals surface area contributed by atoms with Gasteiger partial charge in [-0.2, -0.15) is 4.80 Å². The van der Waals surface area contributed by atoms with E-state index in [2.05, 4.69) is 15.4 Å². The Morgan fingerprint density at radius 1 is 1.28 bits per heavy atom. The minimum Gasteiger partial charge on any atom is -0.497 e. The molecule has 94 valence electrons. The third kappa shape index (κ3) is 3.13. The number of Topliss-reactive ketones (excluding diaryl/α,β-unsaturated/α-hetero) is 1. The highest BCUT2D eigenvalue weighted by molar-refractivity contribution is 5.82. The predicted octanol–water partition coefficient (Wildman–Crippen LogP) is 0.573. The van der Waals surface area contributed by atoms with E-state index in [1.807, 2.05) is 24.3 Å². The summed E-state index contributed by atoms with van der Waals surface area (Å²) >= 11 is 0. The van der Waals surface area contributed by atoms with Gasteiger partial charge >= 0.3 is 0 Å². The Morgan fingerprint density at radius 2 is 2.00 bits per heavy atom. The summed E-state index contributed by atoms with van der Waals surface area (Å²) in [4.78, 5) is 13.1. The maximum absolute atomic E-state index is 11.8. The number of hydrogen-bond acceptors (Lipinski definition) is 5. The van der Waals surface area contributed by atoms with Gasteiger partial charge in [0.2, 0.25) is 0 Å². The van der Waals surface area contributed by atoms with Crippen LogP contribution in [0, 0.1) is 0 Å². The quantitative estimate of drug-likeness (QED) is 0.771. The van der Waals surface area contributed by atoms with Crippen molar-refractivity contribution in [2.45, 2.75) is 12.8 Å². The highest BCUT2D eigenvalue weighted by Gasteiger charge is 2.09. The van der Waals surface area contributed by atoms with E-state index in [0.717, 1.165) is 11.3 Å². The molecule has 0 amide bonds. The second kappa shape index (κ2) is 5.39. The summed E-state index contributed by atoms with van der Waals surface area (Å²) in [5.74, 6) is 1.30. The van der Waals surface area contributed by atoms with Crippen molar-refractivity contribution in [3.8, 4) is 5.75 Å². The Bertz CT molecular complexity index is 533. The van der Waals surface area contributed by atoms with E-state index >= 15 is 0 Å². The first-order valence-electron chi connectivity index (χ1n) is 5.55. The Balaban J connectivity index is 1.94. The van der Waals surface area contributed by atoms with Crippen molar-refractivity contribution in [1.29, 1.82) is 0 Å². The van der Waals surface area contributed by atoms with Gasteiger partial charge in [-0.15, -0.1) is 10.2 Å². The van der Waals surface area contributed by atoms with E-state index < -0.39 is 0 Å². The fourth-order valence-electron chi connectivity index (χ4n) is 1.60. The third-order valence-corrected chi connectivity index (χ3v) is 2.47. The van der Waals surface area contributed by atoms with Crippen molar-refractivity contribution in [3.63, 3.8) is 0 Å². The van der Waals surface area contributed by atoms with Crippen molar-refractivity contribution in [3.05, 3.63) is 35.7 Å². The van der Waals surface area contributed by atoms with Gasteiger partial charge < -0.3 is 4.74 Å². The highest BCUT2D eigenvalue weighted by atomic mass is 16.5. The number of methoxy groups -OCH3 is 1.